The van der Waals surface area contributed by atoms with Gasteiger partial charge in [-0.2, -0.15) is 0 Å². The van der Waals surface area contributed by atoms with Crippen molar-refractivity contribution >= 4 is 11.6 Å². The number of nitrogens with one attached hydrogen (secondary N) is 1. The summed E-state index contributed by atoms with van der Waals surface area (Å²) in [7, 11) is 0. The molecule has 0 saturated heterocycles. The zero-order valence-electron chi connectivity index (χ0n) is 12.8. The van der Waals surface area contributed by atoms with Gasteiger partial charge in [-0.3, -0.25) is 4.79 Å². The molecule has 5 heteroatoms. The molecule has 0 atom stereocenters. The molecule has 116 valence electrons. The molecule has 3 aromatic rings. The number of amides is 1. The van der Waals surface area contributed by atoms with E-state index in [0.717, 1.165) is 23.2 Å². The van der Waals surface area contributed by atoms with Crippen LogP contribution in [0.2, 0.25) is 0 Å². The molecule has 1 aromatic heterocycles. The van der Waals surface area contributed by atoms with Gasteiger partial charge in [-0.15, -0.1) is 10.2 Å². The molecule has 0 spiro atoms. The molecule has 1 heterocycles. The van der Waals surface area contributed by atoms with Crippen molar-refractivity contribution in [3.8, 4) is 22.9 Å². The fourth-order valence-corrected chi connectivity index (χ4v) is 2.18. The Kier molecular flexibility index (Phi) is 4.47. The average Bonchev–Trinajstić information content (AvgIpc) is 3.07. The van der Waals surface area contributed by atoms with Crippen LogP contribution in [-0.4, -0.2) is 16.1 Å². The van der Waals surface area contributed by atoms with E-state index in [1.54, 1.807) is 0 Å². The first kappa shape index (κ1) is 15.0. The number of carbonyl (C=O) groups excluding carboxylic acids is 1. The Morgan fingerprint density at radius 1 is 0.957 bits per heavy atom. The van der Waals surface area contributed by atoms with E-state index in [-0.39, 0.29) is 5.91 Å². The van der Waals surface area contributed by atoms with Crippen molar-refractivity contribution in [2.75, 3.05) is 5.32 Å². The van der Waals surface area contributed by atoms with Crippen LogP contribution in [0, 0.1) is 0 Å². The van der Waals surface area contributed by atoms with Gasteiger partial charge in [0.2, 0.25) is 17.7 Å². The summed E-state index contributed by atoms with van der Waals surface area (Å²) >= 11 is 0. The quantitative estimate of drug-likeness (QED) is 0.769. The summed E-state index contributed by atoms with van der Waals surface area (Å²) in [5.41, 5.74) is 2.46. The highest BCUT2D eigenvalue weighted by atomic mass is 16.4. The lowest BCUT2D eigenvalue weighted by Crippen LogP contribution is -2.10. The number of benzene rings is 2. The highest BCUT2D eigenvalue weighted by Gasteiger charge is 2.10. The second kappa shape index (κ2) is 6.87. The topological polar surface area (TPSA) is 68.0 Å². The van der Waals surface area contributed by atoms with Crippen LogP contribution >= 0.6 is 0 Å². The second-order valence-electron chi connectivity index (χ2n) is 5.15. The van der Waals surface area contributed by atoms with Gasteiger partial charge in [-0.25, -0.2) is 0 Å². The minimum absolute atomic E-state index is 0.0180. The number of rotatable bonds is 5. The molecule has 0 bridgehead atoms. The maximum absolute atomic E-state index is 11.6. The van der Waals surface area contributed by atoms with Gasteiger partial charge in [0.25, 0.3) is 0 Å². The molecular formula is C18H17N3O2. The van der Waals surface area contributed by atoms with E-state index in [0.29, 0.717) is 18.2 Å². The highest BCUT2D eigenvalue weighted by molar-refractivity contribution is 5.90. The molecule has 0 aliphatic rings. The lowest BCUT2D eigenvalue weighted by Gasteiger charge is -2.04. The smallest absolute Gasteiger partial charge is 0.248 e. The van der Waals surface area contributed by atoms with Crippen LogP contribution in [0.15, 0.2) is 59.0 Å². The summed E-state index contributed by atoms with van der Waals surface area (Å²) in [5.74, 6) is 0.959. The maximum atomic E-state index is 11.6. The van der Waals surface area contributed by atoms with E-state index in [1.807, 2.05) is 61.5 Å². The van der Waals surface area contributed by atoms with Crippen molar-refractivity contribution in [1.29, 1.82) is 0 Å². The van der Waals surface area contributed by atoms with Crippen molar-refractivity contribution in [2.24, 2.45) is 0 Å². The molecule has 1 amide bonds. The third kappa shape index (κ3) is 3.63. The third-order valence-electron chi connectivity index (χ3n) is 3.34. The number of aromatic nitrogens is 2. The molecule has 5 nitrogen and oxygen atoms in total. The van der Waals surface area contributed by atoms with Crippen LogP contribution < -0.4 is 5.32 Å². The number of hydrogen-bond acceptors (Lipinski definition) is 4. The minimum atomic E-state index is 0.0180. The number of nitrogens with zero attached hydrogens (tertiary/aromatic N) is 2. The summed E-state index contributed by atoms with van der Waals surface area (Å²) in [6.07, 6.45) is 1.35. The molecule has 23 heavy (non-hydrogen) atoms. The van der Waals surface area contributed by atoms with Crippen molar-refractivity contribution in [2.45, 2.75) is 19.8 Å². The predicted octanol–water partition coefficient (Wildman–Crippen LogP) is 4.14. The summed E-state index contributed by atoms with van der Waals surface area (Å²) in [6, 6.07) is 17.0. The van der Waals surface area contributed by atoms with Crippen LogP contribution in [0.5, 0.6) is 0 Å². The lowest BCUT2D eigenvalue weighted by molar-refractivity contribution is -0.116. The zero-order valence-corrected chi connectivity index (χ0v) is 12.8. The summed E-state index contributed by atoms with van der Waals surface area (Å²) in [6.45, 7) is 1.97. The van der Waals surface area contributed by atoms with E-state index in [1.165, 1.54) is 0 Å². The fourth-order valence-electron chi connectivity index (χ4n) is 2.18. The molecule has 0 aliphatic heterocycles. The van der Waals surface area contributed by atoms with Crippen molar-refractivity contribution in [3.05, 3.63) is 54.6 Å². The van der Waals surface area contributed by atoms with Crippen LogP contribution in [0.3, 0.4) is 0 Å². The van der Waals surface area contributed by atoms with Crippen LogP contribution in [0.1, 0.15) is 19.8 Å². The normalized spacial score (nSPS) is 10.5. The lowest BCUT2D eigenvalue weighted by atomic mass is 10.2. The minimum Gasteiger partial charge on any atom is -0.416 e. The zero-order chi connectivity index (χ0) is 16.1. The van der Waals surface area contributed by atoms with Gasteiger partial charge in [-0.05, 0) is 42.8 Å². The Labute approximate surface area is 134 Å². The maximum Gasteiger partial charge on any atom is 0.248 e. The van der Waals surface area contributed by atoms with Gasteiger partial charge in [-0.1, -0.05) is 25.1 Å². The molecule has 0 fully saturated rings. The molecule has 3 rings (SSSR count). The van der Waals surface area contributed by atoms with Gasteiger partial charge in [0, 0.05) is 23.2 Å². The van der Waals surface area contributed by atoms with Crippen molar-refractivity contribution in [1.82, 2.24) is 10.2 Å². The number of carbonyl (C=O) groups is 1. The van der Waals surface area contributed by atoms with Gasteiger partial charge in [0.15, 0.2) is 0 Å². The molecule has 1 N–H and O–H groups in total. The Morgan fingerprint density at radius 3 is 2.17 bits per heavy atom. The monoisotopic (exact) mass is 307 g/mol. The van der Waals surface area contributed by atoms with E-state index in [9.17, 15) is 4.79 Å². The van der Waals surface area contributed by atoms with Crippen LogP contribution in [-0.2, 0) is 4.79 Å². The largest absolute Gasteiger partial charge is 0.416 e. The van der Waals surface area contributed by atoms with Crippen LogP contribution in [0.4, 0.5) is 5.69 Å². The first-order chi connectivity index (χ1) is 11.3. The second-order valence-corrected chi connectivity index (χ2v) is 5.15. The Morgan fingerprint density at radius 2 is 1.57 bits per heavy atom. The summed E-state index contributed by atoms with van der Waals surface area (Å²) in [5, 5.41) is 11.0. The molecule has 2 aromatic carbocycles. The SMILES string of the molecule is CCCC(=O)Nc1ccc(-c2nnc(-c3ccccc3)o2)cc1. The summed E-state index contributed by atoms with van der Waals surface area (Å²) < 4.78 is 5.71. The third-order valence-corrected chi connectivity index (χ3v) is 3.34. The Bertz CT molecular complexity index is 780. The van der Waals surface area contributed by atoms with Gasteiger partial charge in [0.1, 0.15) is 0 Å². The molecule has 0 radical (unpaired) electrons. The van der Waals surface area contributed by atoms with Gasteiger partial charge in [0.05, 0.1) is 0 Å². The number of anilines is 1. The van der Waals surface area contributed by atoms with E-state index in [2.05, 4.69) is 15.5 Å². The first-order valence-electron chi connectivity index (χ1n) is 7.55. The van der Waals surface area contributed by atoms with Gasteiger partial charge >= 0.3 is 0 Å². The van der Waals surface area contributed by atoms with E-state index in [4.69, 9.17) is 4.42 Å². The van der Waals surface area contributed by atoms with E-state index >= 15 is 0 Å². The number of hydrogen-bond donors (Lipinski definition) is 1. The molecule has 0 unspecified atom stereocenters. The van der Waals surface area contributed by atoms with Gasteiger partial charge < -0.3 is 9.73 Å². The molecule has 0 aliphatic carbocycles. The first-order valence-corrected chi connectivity index (χ1v) is 7.55. The van der Waals surface area contributed by atoms with E-state index < -0.39 is 0 Å². The fraction of sp³-hybridized carbons (Fsp3) is 0.167. The highest BCUT2D eigenvalue weighted by Crippen LogP contribution is 2.24. The Balaban J connectivity index is 1.75. The van der Waals surface area contributed by atoms with Crippen LogP contribution in [0.25, 0.3) is 22.9 Å². The summed E-state index contributed by atoms with van der Waals surface area (Å²) in [4.78, 5) is 11.6. The average molecular weight is 307 g/mol. The molecular weight excluding hydrogens is 290 g/mol. The van der Waals surface area contributed by atoms with Crippen molar-refractivity contribution in [3.63, 3.8) is 0 Å². The predicted molar refractivity (Wildman–Crippen MR) is 88.7 cm³/mol. The standard InChI is InChI=1S/C18H17N3O2/c1-2-6-16(22)19-15-11-9-14(10-12-15)18-21-20-17(23-18)13-7-4-3-5-8-13/h3-5,7-12H,2,6H2,1H3,(H,19,22). The van der Waals surface area contributed by atoms with Crippen molar-refractivity contribution < 1.29 is 9.21 Å². The Hall–Kier alpha value is -2.95. The molecule has 0 saturated carbocycles.